The molecule has 5 heteroatoms. The number of nitrogens with zero attached hydrogens (tertiary/aromatic N) is 2. The topological polar surface area (TPSA) is 48.7 Å². The molecule has 0 aliphatic rings. The van der Waals surface area contributed by atoms with E-state index in [0.29, 0.717) is 21.5 Å². The number of hydrogen-bond donors (Lipinski definition) is 1. The highest BCUT2D eigenvalue weighted by atomic mass is 79.9. The van der Waals surface area contributed by atoms with E-state index in [0.717, 1.165) is 5.69 Å². The number of nitriles is 1. The first kappa shape index (κ1) is 12.5. The third kappa shape index (κ3) is 2.84. The van der Waals surface area contributed by atoms with E-state index in [-0.39, 0.29) is 5.82 Å². The summed E-state index contributed by atoms with van der Waals surface area (Å²) in [4.78, 5) is 4.23. The molecule has 1 aromatic carbocycles. The minimum Gasteiger partial charge on any atom is -0.340 e. The average molecular weight is 306 g/mol. The molecule has 0 fully saturated rings. The van der Waals surface area contributed by atoms with Gasteiger partial charge in [-0.15, -0.1) is 0 Å². The van der Waals surface area contributed by atoms with Gasteiger partial charge in [-0.2, -0.15) is 5.26 Å². The number of rotatable bonds is 2. The lowest BCUT2D eigenvalue weighted by Crippen LogP contribution is -1.96. The number of pyridine rings is 1. The summed E-state index contributed by atoms with van der Waals surface area (Å²) in [7, 11) is 0. The second-order valence-electron chi connectivity index (χ2n) is 3.75. The lowest BCUT2D eigenvalue weighted by molar-refractivity contribution is 0.622. The number of halogens is 2. The van der Waals surface area contributed by atoms with E-state index >= 15 is 0 Å². The molecule has 1 aromatic heterocycles. The highest BCUT2D eigenvalue weighted by Gasteiger charge is 2.03. The Balaban J connectivity index is 2.31. The third-order valence-electron chi connectivity index (χ3n) is 2.27. The summed E-state index contributed by atoms with van der Waals surface area (Å²) >= 11 is 3.09. The molecular formula is C13H9BrFN3. The highest BCUT2D eigenvalue weighted by molar-refractivity contribution is 9.10. The Bertz CT molecular complexity index is 635. The largest absolute Gasteiger partial charge is 0.340 e. The van der Waals surface area contributed by atoms with Gasteiger partial charge in [-0.1, -0.05) is 0 Å². The molecule has 1 N–H and O–H groups in total. The van der Waals surface area contributed by atoms with Crippen LogP contribution in [0.15, 0.2) is 34.8 Å². The van der Waals surface area contributed by atoms with Gasteiger partial charge in [0.1, 0.15) is 11.6 Å². The maximum atomic E-state index is 13.3. The second-order valence-corrected chi connectivity index (χ2v) is 4.60. The quantitative estimate of drug-likeness (QED) is 0.915. The van der Waals surface area contributed by atoms with E-state index in [4.69, 9.17) is 5.26 Å². The predicted octanol–water partition coefficient (Wildman–Crippen LogP) is 3.91. The van der Waals surface area contributed by atoms with Crippen LogP contribution in [0.25, 0.3) is 0 Å². The van der Waals surface area contributed by atoms with Gasteiger partial charge in [0.2, 0.25) is 0 Å². The van der Waals surface area contributed by atoms with Gasteiger partial charge in [0.15, 0.2) is 0 Å². The van der Waals surface area contributed by atoms with E-state index in [1.807, 2.05) is 0 Å². The highest BCUT2D eigenvalue weighted by Crippen LogP contribution is 2.22. The molecule has 0 radical (unpaired) electrons. The normalized spacial score (nSPS) is 9.89. The maximum absolute atomic E-state index is 13.3. The molecular weight excluding hydrogens is 297 g/mol. The molecule has 0 saturated heterocycles. The standard InChI is InChI=1S/C13H9BrFN3/c1-8-4-9(7-16)5-13(17-8)18-10-2-3-11(14)12(15)6-10/h2-6H,1H3,(H,17,18). The van der Waals surface area contributed by atoms with Crippen molar-refractivity contribution in [2.24, 2.45) is 0 Å². The summed E-state index contributed by atoms with van der Waals surface area (Å²) in [6, 6.07) is 10.1. The smallest absolute Gasteiger partial charge is 0.139 e. The van der Waals surface area contributed by atoms with E-state index in [2.05, 4.69) is 32.3 Å². The van der Waals surface area contributed by atoms with Crippen LogP contribution < -0.4 is 5.32 Å². The third-order valence-corrected chi connectivity index (χ3v) is 2.92. The number of benzene rings is 1. The molecule has 18 heavy (non-hydrogen) atoms. The Hall–Kier alpha value is -1.93. The Morgan fingerprint density at radius 1 is 1.33 bits per heavy atom. The average Bonchev–Trinajstić information content (AvgIpc) is 2.33. The Labute approximate surface area is 112 Å². The summed E-state index contributed by atoms with van der Waals surface area (Å²) in [6.45, 7) is 1.80. The van der Waals surface area contributed by atoms with Crippen LogP contribution in [0.4, 0.5) is 15.9 Å². The van der Waals surface area contributed by atoms with Crippen LogP contribution in [0.5, 0.6) is 0 Å². The molecule has 0 aliphatic heterocycles. The summed E-state index contributed by atoms with van der Waals surface area (Å²) in [5, 5.41) is 11.8. The zero-order chi connectivity index (χ0) is 13.1. The molecule has 90 valence electrons. The summed E-state index contributed by atoms with van der Waals surface area (Å²) < 4.78 is 13.8. The van der Waals surface area contributed by atoms with E-state index in [9.17, 15) is 4.39 Å². The van der Waals surface area contributed by atoms with Crippen LogP contribution in [-0.4, -0.2) is 4.98 Å². The molecule has 0 saturated carbocycles. The lowest BCUT2D eigenvalue weighted by Gasteiger charge is -2.07. The number of hydrogen-bond acceptors (Lipinski definition) is 3. The molecule has 0 unspecified atom stereocenters. The molecule has 2 rings (SSSR count). The maximum Gasteiger partial charge on any atom is 0.139 e. The zero-order valence-corrected chi connectivity index (χ0v) is 11.1. The molecule has 0 bridgehead atoms. The van der Waals surface area contributed by atoms with Crippen LogP contribution in [0.1, 0.15) is 11.3 Å². The van der Waals surface area contributed by atoms with E-state index < -0.39 is 0 Å². The van der Waals surface area contributed by atoms with Crippen molar-refractivity contribution < 1.29 is 4.39 Å². The van der Waals surface area contributed by atoms with Crippen molar-refractivity contribution in [3.05, 3.63) is 51.9 Å². The lowest BCUT2D eigenvalue weighted by atomic mass is 10.2. The van der Waals surface area contributed by atoms with Gasteiger partial charge in [0, 0.05) is 11.4 Å². The number of nitrogens with one attached hydrogen (secondary N) is 1. The van der Waals surface area contributed by atoms with Crippen molar-refractivity contribution >= 4 is 27.4 Å². The molecule has 2 aromatic rings. The van der Waals surface area contributed by atoms with Gasteiger partial charge in [-0.25, -0.2) is 9.37 Å². The van der Waals surface area contributed by atoms with Crippen LogP contribution in [0, 0.1) is 24.1 Å². The van der Waals surface area contributed by atoms with Gasteiger partial charge < -0.3 is 5.32 Å². The first-order chi connectivity index (χ1) is 8.58. The van der Waals surface area contributed by atoms with E-state index in [1.165, 1.54) is 6.07 Å². The molecule has 0 spiro atoms. The van der Waals surface area contributed by atoms with Crippen LogP contribution in [0.2, 0.25) is 0 Å². The fourth-order valence-electron chi connectivity index (χ4n) is 1.52. The van der Waals surface area contributed by atoms with Gasteiger partial charge in [-0.05, 0) is 53.2 Å². The summed E-state index contributed by atoms with van der Waals surface area (Å²) in [5.74, 6) is 0.168. The molecule has 0 amide bonds. The van der Waals surface area contributed by atoms with Gasteiger partial charge in [0.25, 0.3) is 0 Å². The molecule has 0 aliphatic carbocycles. The van der Waals surface area contributed by atoms with Crippen molar-refractivity contribution in [2.45, 2.75) is 6.92 Å². The number of aryl methyl sites for hydroxylation is 1. The van der Waals surface area contributed by atoms with Crippen molar-refractivity contribution in [3.8, 4) is 6.07 Å². The SMILES string of the molecule is Cc1cc(C#N)cc(Nc2ccc(Br)c(F)c2)n1. The fraction of sp³-hybridized carbons (Fsp3) is 0.0769. The summed E-state index contributed by atoms with van der Waals surface area (Å²) in [6.07, 6.45) is 0. The van der Waals surface area contributed by atoms with Gasteiger partial charge in [-0.3, -0.25) is 0 Å². The van der Waals surface area contributed by atoms with Crippen molar-refractivity contribution in [1.82, 2.24) is 4.98 Å². The Kier molecular flexibility index (Phi) is 3.58. The number of anilines is 2. The first-order valence-corrected chi connectivity index (χ1v) is 5.98. The Morgan fingerprint density at radius 2 is 2.11 bits per heavy atom. The second kappa shape index (κ2) is 5.15. The van der Waals surface area contributed by atoms with Gasteiger partial charge >= 0.3 is 0 Å². The van der Waals surface area contributed by atoms with Crippen LogP contribution >= 0.6 is 15.9 Å². The van der Waals surface area contributed by atoms with Gasteiger partial charge in [0.05, 0.1) is 16.1 Å². The monoisotopic (exact) mass is 305 g/mol. The van der Waals surface area contributed by atoms with Crippen molar-refractivity contribution in [2.75, 3.05) is 5.32 Å². The predicted molar refractivity (Wildman–Crippen MR) is 71.1 cm³/mol. The van der Waals surface area contributed by atoms with Crippen molar-refractivity contribution in [3.63, 3.8) is 0 Å². The molecule has 0 atom stereocenters. The minimum atomic E-state index is -0.354. The molecule has 3 nitrogen and oxygen atoms in total. The van der Waals surface area contributed by atoms with Crippen LogP contribution in [-0.2, 0) is 0 Å². The van der Waals surface area contributed by atoms with E-state index in [1.54, 1.807) is 31.2 Å². The summed E-state index contributed by atoms with van der Waals surface area (Å²) in [5.41, 5.74) is 1.83. The van der Waals surface area contributed by atoms with Crippen LogP contribution in [0.3, 0.4) is 0 Å². The minimum absolute atomic E-state index is 0.354. The Morgan fingerprint density at radius 3 is 2.78 bits per heavy atom. The number of aromatic nitrogens is 1. The molecule has 1 heterocycles. The first-order valence-electron chi connectivity index (χ1n) is 5.19. The fourth-order valence-corrected chi connectivity index (χ4v) is 1.77. The zero-order valence-electron chi connectivity index (χ0n) is 9.54. The van der Waals surface area contributed by atoms with Crippen molar-refractivity contribution in [1.29, 1.82) is 5.26 Å².